The highest BCUT2D eigenvalue weighted by Gasteiger charge is 2.19. The number of nitrogens with one attached hydrogen (secondary N) is 1. The Labute approximate surface area is 271 Å². The van der Waals surface area contributed by atoms with Gasteiger partial charge in [0.25, 0.3) is 7.82 Å². The van der Waals surface area contributed by atoms with E-state index in [-0.39, 0.29) is 19.8 Å². The molecule has 1 N–H and O–H groups in total. The molecule has 0 aliphatic heterocycles. The maximum atomic E-state index is 12.2. The molecule has 0 aromatic carbocycles. The molecular formula is C34H71N2O7P. The number of rotatable bonds is 33. The summed E-state index contributed by atoms with van der Waals surface area (Å²) in [7, 11) is 3.56. The number of quaternary nitrogens is 1. The first kappa shape index (κ1) is 43.3. The van der Waals surface area contributed by atoms with E-state index in [1.165, 1.54) is 110 Å². The topological polar surface area (TPSA) is 106 Å². The number of phosphoric ester groups is 1. The minimum atomic E-state index is -4.48. The summed E-state index contributed by atoms with van der Waals surface area (Å²) in [5.74, 6) is 0. The molecule has 44 heavy (non-hydrogen) atoms. The lowest BCUT2D eigenvalue weighted by Gasteiger charge is -2.25. The van der Waals surface area contributed by atoms with Crippen LogP contribution in [0.2, 0.25) is 0 Å². The summed E-state index contributed by atoms with van der Waals surface area (Å²) in [6.07, 6.45) is 25.6. The summed E-state index contributed by atoms with van der Waals surface area (Å²) in [4.78, 5) is 23.9. The lowest BCUT2D eigenvalue weighted by Crippen LogP contribution is -2.35. The van der Waals surface area contributed by atoms with Crippen LogP contribution >= 0.6 is 7.82 Å². The van der Waals surface area contributed by atoms with Crippen LogP contribution in [0.15, 0.2) is 0 Å². The molecule has 0 fully saturated rings. The van der Waals surface area contributed by atoms with Crippen molar-refractivity contribution in [3.8, 4) is 0 Å². The molecule has 0 aromatic heterocycles. The van der Waals surface area contributed by atoms with Crippen molar-refractivity contribution in [1.29, 1.82) is 0 Å². The monoisotopic (exact) mass is 650 g/mol. The predicted molar refractivity (Wildman–Crippen MR) is 180 cm³/mol. The Balaban J connectivity index is 3.84. The van der Waals surface area contributed by atoms with E-state index in [9.17, 15) is 14.3 Å². The summed E-state index contributed by atoms with van der Waals surface area (Å²) in [6.45, 7) is 3.79. The van der Waals surface area contributed by atoms with Gasteiger partial charge >= 0.3 is 6.09 Å². The van der Waals surface area contributed by atoms with Gasteiger partial charge in [-0.3, -0.25) is 4.57 Å². The summed E-state index contributed by atoms with van der Waals surface area (Å²) < 4.78 is 34.1. The van der Waals surface area contributed by atoms with Gasteiger partial charge in [-0.05, 0) is 25.7 Å². The fourth-order valence-corrected chi connectivity index (χ4v) is 5.85. The van der Waals surface area contributed by atoms with Crippen molar-refractivity contribution in [1.82, 2.24) is 5.32 Å². The van der Waals surface area contributed by atoms with Gasteiger partial charge in [0.1, 0.15) is 0 Å². The van der Waals surface area contributed by atoms with E-state index in [0.717, 1.165) is 43.1 Å². The number of unbranched alkanes of at least 4 members (excludes halogenated alkanes) is 20. The third-order valence-electron chi connectivity index (χ3n) is 7.82. The van der Waals surface area contributed by atoms with Crippen molar-refractivity contribution in [3.63, 3.8) is 0 Å². The zero-order valence-corrected chi connectivity index (χ0v) is 30.3. The van der Waals surface area contributed by atoms with E-state index in [2.05, 4.69) is 33.4 Å². The molecule has 9 nitrogen and oxygen atoms in total. The predicted octanol–water partition coefficient (Wildman–Crippen LogP) is 8.54. The number of amides is 1. The Morgan fingerprint density at radius 1 is 0.659 bits per heavy atom. The average Bonchev–Trinajstić information content (AvgIpc) is 2.97. The van der Waals surface area contributed by atoms with Gasteiger partial charge in [-0.2, -0.15) is 0 Å². The fourth-order valence-electron chi connectivity index (χ4n) is 5.08. The Hall–Kier alpha value is -0.700. The molecule has 0 radical (unpaired) electrons. The van der Waals surface area contributed by atoms with Crippen LogP contribution in [0.1, 0.15) is 148 Å². The highest BCUT2D eigenvalue weighted by atomic mass is 31.2. The highest BCUT2D eigenvalue weighted by molar-refractivity contribution is 7.45. The second-order valence-corrected chi connectivity index (χ2v) is 14.8. The van der Waals surface area contributed by atoms with E-state index < -0.39 is 20.0 Å². The zero-order chi connectivity index (χ0) is 32.8. The van der Waals surface area contributed by atoms with Crippen molar-refractivity contribution in [3.05, 3.63) is 0 Å². The molecule has 2 unspecified atom stereocenters. The smallest absolute Gasteiger partial charge is 0.407 e. The number of phosphoric acid groups is 1. The standard InChI is InChI=1S/C34H71N2O7P/c1-6-7-8-9-10-11-12-13-14-15-16-17-18-20-23-26-29-40-31-33(43-34(37)35-2)32-42-44(38,39)41-30-27-24-21-19-22-25-28-36(3,4)5/h33H,6-32H2,1-5H3,(H-,35,37,38,39). The molecule has 0 aliphatic rings. The van der Waals surface area contributed by atoms with Gasteiger partial charge < -0.3 is 33.2 Å². The first-order valence-corrected chi connectivity index (χ1v) is 19.4. The first-order chi connectivity index (χ1) is 21.1. The maximum Gasteiger partial charge on any atom is 0.407 e. The molecule has 2 atom stereocenters. The van der Waals surface area contributed by atoms with Gasteiger partial charge in [-0.15, -0.1) is 0 Å². The Morgan fingerprint density at radius 3 is 1.55 bits per heavy atom. The first-order valence-electron chi connectivity index (χ1n) is 18.0. The second kappa shape index (κ2) is 29.7. The molecule has 10 heteroatoms. The van der Waals surface area contributed by atoms with Crippen LogP contribution in [-0.2, 0) is 23.1 Å². The number of hydrogen-bond donors (Lipinski definition) is 1. The van der Waals surface area contributed by atoms with Crippen molar-refractivity contribution in [2.75, 3.05) is 61.2 Å². The maximum absolute atomic E-state index is 12.2. The molecular weight excluding hydrogens is 579 g/mol. The highest BCUT2D eigenvalue weighted by Crippen LogP contribution is 2.38. The van der Waals surface area contributed by atoms with Crippen LogP contribution < -0.4 is 10.2 Å². The van der Waals surface area contributed by atoms with Crippen molar-refractivity contribution >= 4 is 13.9 Å². The number of ether oxygens (including phenoxy) is 2. The Bertz CT molecular complexity index is 691. The van der Waals surface area contributed by atoms with Gasteiger partial charge in [0, 0.05) is 13.7 Å². The van der Waals surface area contributed by atoms with E-state index in [0.29, 0.717) is 13.0 Å². The summed E-state index contributed by atoms with van der Waals surface area (Å²) in [5.41, 5.74) is 0. The Morgan fingerprint density at radius 2 is 1.09 bits per heavy atom. The van der Waals surface area contributed by atoms with Gasteiger partial charge in [0.2, 0.25) is 0 Å². The number of nitrogens with zero attached hydrogens (tertiary/aromatic N) is 1. The van der Waals surface area contributed by atoms with Crippen LogP contribution in [0.4, 0.5) is 4.79 Å². The lowest BCUT2D eigenvalue weighted by atomic mass is 10.0. The molecule has 0 saturated heterocycles. The SMILES string of the molecule is CCCCCCCCCCCCCCCCCCOCC(COP(=O)([O-])OCCCCCCCC[N+](C)(C)C)OC(=O)NC. The Kier molecular flexibility index (Phi) is 29.2. The molecule has 0 aromatic rings. The van der Waals surface area contributed by atoms with Gasteiger partial charge in [0.05, 0.1) is 47.5 Å². The summed E-state index contributed by atoms with van der Waals surface area (Å²) >= 11 is 0. The third kappa shape index (κ3) is 32.7. The normalized spacial score (nSPS) is 14.0. The number of hydrogen-bond acceptors (Lipinski definition) is 7. The minimum absolute atomic E-state index is 0.0697. The molecule has 0 aliphatic carbocycles. The molecule has 0 saturated carbocycles. The van der Waals surface area contributed by atoms with Crippen LogP contribution in [0.3, 0.4) is 0 Å². The van der Waals surface area contributed by atoms with Crippen molar-refractivity contribution in [2.24, 2.45) is 0 Å². The fraction of sp³-hybridized carbons (Fsp3) is 0.971. The van der Waals surface area contributed by atoms with E-state index in [4.69, 9.17) is 18.5 Å². The van der Waals surface area contributed by atoms with E-state index in [1.807, 2.05) is 0 Å². The van der Waals surface area contributed by atoms with E-state index >= 15 is 0 Å². The molecule has 0 heterocycles. The number of carbonyl (C=O) groups excluding carboxylic acids is 1. The molecule has 264 valence electrons. The molecule has 0 bridgehead atoms. The van der Waals surface area contributed by atoms with Crippen LogP contribution in [-0.4, -0.2) is 77.8 Å². The van der Waals surface area contributed by atoms with Gasteiger partial charge in [-0.1, -0.05) is 122 Å². The lowest BCUT2D eigenvalue weighted by molar-refractivity contribution is -0.870. The van der Waals surface area contributed by atoms with Crippen molar-refractivity contribution in [2.45, 2.75) is 154 Å². The second-order valence-electron chi connectivity index (χ2n) is 13.4. The van der Waals surface area contributed by atoms with Crippen molar-refractivity contribution < 1.29 is 37.3 Å². The largest absolute Gasteiger partial charge is 0.756 e. The molecule has 1 amide bonds. The summed E-state index contributed by atoms with van der Waals surface area (Å²) in [5, 5.41) is 2.37. The third-order valence-corrected chi connectivity index (χ3v) is 8.78. The van der Waals surface area contributed by atoms with Crippen LogP contribution in [0.5, 0.6) is 0 Å². The minimum Gasteiger partial charge on any atom is -0.756 e. The summed E-state index contributed by atoms with van der Waals surface area (Å²) in [6, 6.07) is 0. The molecule has 0 spiro atoms. The van der Waals surface area contributed by atoms with Crippen LogP contribution in [0.25, 0.3) is 0 Å². The number of carbonyl (C=O) groups is 1. The van der Waals surface area contributed by atoms with Gasteiger partial charge in [0.15, 0.2) is 6.10 Å². The van der Waals surface area contributed by atoms with Crippen LogP contribution in [0, 0.1) is 0 Å². The quantitative estimate of drug-likeness (QED) is 0.0431. The van der Waals surface area contributed by atoms with Gasteiger partial charge in [-0.25, -0.2) is 4.79 Å². The number of alkyl carbamates (subject to hydrolysis) is 1. The zero-order valence-electron chi connectivity index (χ0n) is 29.4. The molecule has 0 rings (SSSR count). The van der Waals surface area contributed by atoms with E-state index in [1.54, 1.807) is 0 Å². The average molecular weight is 651 g/mol.